The van der Waals surface area contributed by atoms with Crippen LogP contribution in [0.4, 0.5) is 13.2 Å². The molecule has 19 heavy (non-hydrogen) atoms. The number of rotatable bonds is 5. The van der Waals surface area contributed by atoms with Gasteiger partial charge in [0.15, 0.2) is 5.78 Å². The van der Waals surface area contributed by atoms with Crippen LogP contribution in [0.3, 0.4) is 0 Å². The van der Waals surface area contributed by atoms with Gasteiger partial charge in [-0.05, 0) is 32.4 Å². The number of halogens is 3. The molecule has 0 spiro atoms. The van der Waals surface area contributed by atoms with E-state index >= 15 is 0 Å². The molecule has 0 amide bonds. The van der Waals surface area contributed by atoms with Crippen LogP contribution in [0.15, 0.2) is 18.2 Å². The second-order valence-electron chi connectivity index (χ2n) is 4.56. The molecule has 1 rings (SSSR count). The predicted molar refractivity (Wildman–Crippen MR) is 66.3 cm³/mol. The molecule has 0 N–H and O–H groups in total. The van der Waals surface area contributed by atoms with E-state index in [1.807, 2.05) is 19.1 Å². The number of carbonyl (C=O) groups excluding carboxylic acids is 1. The molecule has 0 fully saturated rings. The molecule has 0 saturated carbocycles. The molecule has 0 saturated heterocycles. The number of ether oxygens (including phenoxy) is 1. The quantitative estimate of drug-likeness (QED) is 0.762. The number of carbonyl (C=O) groups is 1. The van der Waals surface area contributed by atoms with Crippen molar-refractivity contribution in [2.75, 3.05) is 6.61 Å². The molecule has 2 nitrogen and oxygen atoms in total. The molecule has 0 radical (unpaired) electrons. The minimum atomic E-state index is -4.26. The third-order valence-corrected chi connectivity index (χ3v) is 2.78. The van der Waals surface area contributed by atoms with Crippen LogP contribution in [0.1, 0.15) is 34.8 Å². The Kier molecular flexibility index (Phi) is 5.11. The summed E-state index contributed by atoms with van der Waals surface area (Å²) in [5.41, 5.74) is 2.22. The molecule has 0 aliphatic heterocycles. The minimum Gasteiger partial charge on any atom is -0.370 e. The maximum atomic E-state index is 12.1. The zero-order valence-electron chi connectivity index (χ0n) is 11.2. The van der Waals surface area contributed by atoms with E-state index in [1.54, 1.807) is 13.0 Å². The number of Topliss-reactive ketones (excluding diaryl/α,β-unsaturated/α-hetero) is 1. The lowest BCUT2D eigenvalue weighted by Crippen LogP contribution is -2.24. The fourth-order valence-corrected chi connectivity index (χ4v) is 1.65. The largest absolute Gasteiger partial charge is 0.391 e. The number of alkyl halides is 3. The van der Waals surface area contributed by atoms with Crippen molar-refractivity contribution in [3.05, 3.63) is 34.9 Å². The van der Waals surface area contributed by atoms with Gasteiger partial charge in [-0.25, -0.2) is 0 Å². The normalized spacial score (nSPS) is 13.4. The molecular weight excluding hydrogens is 257 g/mol. The minimum absolute atomic E-state index is 0.289. The van der Waals surface area contributed by atoms with E-state index < -0.39 is 25.3 Å². The fraction of sp³-hybridized carbons (Fsp3) is 0.500. The van der Waals surface area contributed by atoms with Gasteiger partial charge in [0.25, 0.3) is 0 Å². The van der Waals surface area contributed by atoms with E-state index in [0.717, 1.165) is 11.1 Å². The van der Waals surface area contributed by atoms with Gasteiger partial charge < -0.3 is 4.74 Å². The smallest absolute Gasteiger partial charge is 0.370 e. The van der Waals surface area contributed by atoms with Crippen molar-refractivity contribution in [2.24, 2.45) is 0 Å². The molecule has 5 heteroatoms. The van der Waals surface area contributed by atoms with E-state index in [9.17, 15) is 18.0 Å². The van der Waals surface area contributed by atoms with Gasteiger partial charge in [0.05, 0.1) is 13.0 Å². The van der Waals surface area contributed by atoms with Crippen molar-refractivity contribution in [3.8, 4) is 0 Å². The molecule has 0 aliphatic carbocycles. The summed E-state index contributed by atoms with van der Waals surface area (Å²) in [6.07, 6.45) is -6.18. The Morgan fingerprint density at radius 3 is 2.53 bits per heavy atom. The lowest BCUT2D eigenvalue weighted by molar-refractivity contribution is -0.146. The second kappa shape index (κ2) is 6.19. The highest BCUT2D eigenvalue weighted by Gasteiger charge is 2.27. The number of benzene rings is 1. The number of aryl methyl sites for hydroxylation is 2. The number of hydrogen-bond acceptors (Lipinski definition) is 2. The van der Waals surface area contributed by atoms with E-state index in [2.05, 4.69) is 0 Å². The summed E-state index contributed by atoms with van der Waals surface area (Å²) in [7, 11) is 0. The lowest BCUT2D eigenvalue weighted by atomic mass is 9.99. The summed E-state index contributed by atoms with van der Waals surface area (Å²) < 4.78 is 40.9. The molecule has 0 aromatic heterocycles. The van der Waals surface area contributed by atoms with Crippen molar-refractivity contribution in [1.29, 1.82) is 0 Å². The Bertz CT molecular complexity index is 452. The standard InChI is InChI=1S/C14H17F3O2/c1-9-4-5-10(2)12(8-9)13(18)11(3)19-7-6-14(15,16)17/h4-5,8,11H,6-7H2,1-3H3. The van der Waals surface area contributed by atoms with Crippen molar-refractivity contribution in [2.45, 2.75) is 39.5 Å². The van der Waals surface area contributed by atoms with Crippen LogP contribution in [0.5, 0.6) is 0 Å². The van der Waals surface area contributed by atoms with Crippen molar-refractivity contribution >= 4 is 5.78 Å². The summed E-state index contributed by atoms with van der Waals surface area (Å²) in [5, 5.41) is 0. The van der Waals surface area contributed by atoms with E-state index in [0.29, 0.717) is 5.56 Å². The van der Waals surface area contributed by atoms with Gasteiger partial charge in [0, 0.05) is 5.56 Å². The van der Waals surface area contributed by atoms with Gasteiger partial charge in [0.1, 0.15) is 6.10 Å². The van der Waals surface area contributed by atoms with Gasteiger partial charge in [-0.15, -0.1) is 0 Å². The summed E-state index contributed by atoms with van der Waals surface area (Å²) in [6.45, 7) is 4.61. The molecule has 1 unspecified atom stereocenters. The van der Waals surface area contributed by atoms with Gasteiger partial charge in [0.2, 0.25) is 0 Å². The zero-order valence-corrected chi connectivity index (χ0v) is 11.2. The third-order valence-electron chi connectivity index (χ3n) is 2.78. The molecule has 0 bridgehead atoms. The Hall–Kier alpha value is -1.36. The van der Waals surface area contributed by atoms with Crippen LogP contribution < -0.4 is 0 Å². The van der Waals surface area contributed by atoms with Gasteiger partial charge in [-0.2, -0.15) is 13.2 Å². The monoisotopic (exact) mass is 274 g/mol. The summed E-state index contributed by atoms with van der Waals surface area (Å²) in [4.78, 5) is 12.1. The third kappa shape index (κ3) is 5.03. The van der Waals surface area contributed by atoms with Crippen molar-refractivity contribution in [3.63, 3.8) is 0 Å². The van der Waals surface area contributed by atoms with Crippen molar-refractivity contribution < 1.29 is 22.7 Å². The number of ketones is 1. The first-order chi connectivity index (χ1) is 8.70. The summed E-state index contributed by atoms with van der Waals surface area (Å²) >= 11 is 0. The fourth-order valence-electron chi connectivity index (χ4n) is 1.65. The van der Waals surface area contributed by atoms with Crippen LogP contribution in [0, 0.1) is 13.8 Å². The van der Waals surface area contributed by atoms with Gasteiger partial charge in [-0.3, -0.25) is 4.79 Å². The Morgan fingerprint density at radius 1 is 1.32 bits per heavy atom. The Morgan fingerprint density at radius 2 is 1.95 bits per heavy atom. The highest BCUT2D eigenvalue weighted by Crippen LogP contribution is 2.20. The summed E-state index contributed by atoms with van der Waals surface area (Å²) in [5.74, 6) is -0.289. The van der Waals surface area contributed by atoms with E-state index in [-0.39, 0.29) is 5.78 Å². The maximum Gasteiger partial charge on any atom is 0.391 e. The highest BCUT2D eigenvalue weighted by atomic mass is 19.4. The molecular formula is C14H17F3O2. The Labute approximate surface area is 110 Å². The summed E-state index contributed by atoms with van der Waals surface area (Å²) in [6, 6.07) is 5.41. The SMILES string of the molecule is Cc1ccc(C)c(C(=O)C(C)OCCC(F)(F)F)c1. The van der Waals surface area contributed by atoms with Crippen molar-refractivity contribution in [1.82, 2.24) is 0 Å². The highest BCUT2D eigenvalue weighted by molar-refractivity contribution is 6.00. The first-order valence-electron chi connectivity index (χ1n) is 6.00. The lowest BCUT2D eigenvalue weighted by Gasteiger charge is -2.14. The van der Waals surface area contributed by atoms with E-state index in [4.69, 9.17) is 4.74 Å². The zero-order chi connectivity index (χ0) is 14.6. The number of hydrogen-bond donors (Lipinski definition) is 0. The first-order valence-corrected chi connectivity index (χ1v) is 6.00. The Balaban J connectivity index is 2.64. The van der Waals surface area contributed by atoms with Crippen LogP contribution in [-0.2, 0) is 4.74 Å². The second-order valence-corrected chi connectivity index (χ2v) is 4.56. The predicted octanol–water partition coefficient (Wildman–Crippen LogP) is 3.84. The maximum absolute atomic E-state index is 12.1. The molecule has 1 aromatic rings. The average Bonchev–Trinajstić information content (AvgIpc) is 2.29. The topological polar surface area (TPSA) is 26.3 Å². The van der Waals surface area contributed by atoms with Gasteiger partial charge >= 0.3 is 6.18 Å². The van der Waals surface area contributed by atoms with Gasteiger partial charge in [-0.1, -0.05) is 17.7 Å². The molecule has 0 aliphatic rings. The van der Waals surface area contributed by atoms with E-state index in [1.165, 1.54) is 6.92 Å². The molecule has 0 heterocycles. The first kappa shape index (κ1) is 15.7. The van der Waals surface area contributed by atoms with Crippen LogP contribution >= 0.6 is 0 Å². The molecule has 1 atom stereocenters. The molecule has 106 valence electrons. The average molecular weight is 274 g/mol. The van der Waals surface area contributed by atoms with Crippen LogP contribution in [0.25, 0.3) is 0 Å². The van der Waals surface area contributed by atoms with Crippen LogP contribution in [0.2, 0.25) is 0 Å². The molecule has 1 aromatic carbocycles. The van der Waals surface area contributed by atoms with Crippen LogP contribution in [-0.4, -0.2) is 24.7 Å².